The van der Waals surface area contributed by atoms with Crippen molar-refractivity contribution in [3.05, 3.63) is 59.1 Å². The van der Waals surface area contributed by atoms with Crippen LogP contribution in [-0.4, -0.2) is 38.1 Å². The summed E-state index contributed by atoms with van der Waals surface area (Å²) in [6.45, 7) is 4.34. The fraction of sp³-hybridized carbons (Fsp3) is 0.333. The van der Waals surface area contributed by atoms with E-state index in [-0.39, 0.29) is 35.8 Å². The van der Waals surface area contributed by atoms with Gasteiger partial charge in [-0.3, -0.25) is 9.79 Å². The number of aliphatic imine (C=N–C) groups is 1. The lowest BCUT2D eigenvalue weighted by atomic mass is 9.91. The molecule has 6 nitrogen and oxygen atoms in total. The summed E-state index contributed by atoms with van der Waals surface area (Å²) in [6.07, 6.45) is 0.440. The average molecular weight is 529 g/mol. The SMILES string of the molecule is CCNC(=NCC1CC(=O)Nc2ccccc21)NCCOc1ccccc1Cl.I. The third kappa shape index (κ3) is 6.78. The molecule has 3 N–H and O–H groups in total. The predicted octanol–water partition coefficient (Wildman–Crippen LogP) is 4.02. The van der Waals surface area contributed by atoms with E-state index in [9.17, 15) is 4.79 Å². The van der Waals surface area contributed by atoms with Crippen LogP contribution in [0.15, 0.2) is 53.5 Å². The molecule has 0 saturated heterocycles. The van der Waals surface area contributed by atoms with E-state index in [1.165, 1.54) is 0 Å². The largest absolute Gasteiger partial charge is 0.490 e. The van der Waals surface area contributed by atoms with Crippen molar-refractivity contribution in [1.82, 2.24) is 10.6 Å². The summed E-state index contributed by atoms with van der Waals surface area (Å²) in [5.41, 5.74) is 2.01. The van der Waals surface area contributed by atoms with Gasteiger partial charge in [0.15, 0.2) is 5.96 Å². The number of carbonyl (C=O) groups is 1. The van der Waals surface area contributed by atoms with Gasteiger partial charge in [-0.25, -0.2) is 0 Å². The van der Waals surface area contributed by atoms with Crippen LogP contribution in [0.1, 0.15) is 24.8 Å². The first-order valence-electron chi connectivity index (χ1n) is 9.45. The van der Waals surface area contributed by atoms with E-state index >= 15 is 0 Å². The lowest BCUT2D eigenvalue weighted by Crippen LogP contribution is -2.39. The van der Waals surface area contributed by atoms with Gasteiger partial charge in [-0.2, -0.15) is 0 Å². The number of hydrogen-bond acceptors (Lipinski definition) is 3. The Hall–Kier alpha value is -2.00. The number of hydrogen-bond donors (Lipinski definition) is 3. The van der Waals surface area contributed by atoms with Gasteiger partial charge in [0.1, 0.15) is 12.4 Å². The van der Waals surface area contributed by atoms with Gasteiger partial charge in [0, 0.05) is 24.6 Å². The molecule has 1 aliphatic rings. The molecule has 0 saturated carbocycles. The number of halogens is 2. The van der Waals surface area contributed by atoms with Crippen molar-refractivity contribution in [2.75, 3.05) is 31.6 Å². The van der Waals surface area contributed by atoms with Crippen LogP contribution >= 0.6 is 35.6 Å². The molecule has 2 aromatic carbocycles. The normalized spacial score (nSPS) is 15.6. The Morgan fingerprint density at radius 1 is 1.21 bits per heavy atom. The Morgan fingerprint density at radius 2 is 1.97 bits per heavy atom. The van der Waals surface area contributed by atoms with Crippen LogP contribution in [0.2, 0.25) is 5.02 Å². The van der Waals surface area contributed by atoms with Crippen molar-refractivity contribution >= 4 is 53.1 Å². The molecule has 0 spiro atoms. The molecular weight excluding hydrogens is 503 g/mol. The summed E-state index contributed by atoms with van der Waals surface area (Å²) in [5.74, 6) is 1.47. The molecule has 0 aliphatic carbocycles. The fourth-order valence-corrected chi connectivity index (χ4v) is 3.29. The quantitative estimate of drug-likeness (QED) is 0.220. The first-order chi connectivity index (χ1) is 13.7. The predicted molar refractivity (Wildman–Crippen MR) is 129 cm³/mol. The van der Waals surface area contributed by atoms with Gasteiger partial charge in [-0.05, 0) is 30.7 Å². The maximum Gasteiger partial charge on any atom is 0.225 e. The summed E-state index contributed by atoms with van der Waals surface area (Å²) in [4.78, 5) is 16.6. The summed E-state index contributed by atoms with van der Waals surface area (Å²) < 4.78 is 5.69. The molecule has 8 heteroatoms. The minimum absolute atomic E-state index is 0. The number of carbonyl (C=O) groups excluding carboxylic acids is 1. The van der Waals surface area contributed by atoms with E-state index in [4.69, 9.17) is 16.3 Å². The summed E-state index contributed by atoms with van der Waals surface area (Å²) in [5, 5.41) is 9.99. The second kappa shape index (κ2) is 11.9. The Morgan fingerprint density at radius 3 is 2.76 bits per heavy atom. The highest BCUT2D eigenvalue weighted by atomic mass is 127. The number of ether oxygens (including phenoxy) is 1. The number of fused-ring (bicyclic) bond motifs is 1. The lowest BCUT2D eigenvalue weighted by Gasteiger charge is -2.24. The van der Waals surface area contributed by atoms with E-state index < -0.39 is 0 Å². The molecule has 3 rings (SSSR count). The monoisotopic (exact) mass is 528 g/mol. The summed E-state index contributed by atoms with van der Waals surface area (Å²) >= 11 is 6.09. The second-order valence-corrected chi connectivity index (χ2v) is 6.87. The van der Waals surface area contributed by atoms with E-state index in [1.54, 1.807) is 6.07 Å². The third-order valence-corrected chi connectivity index (χ3v) is 4.72. The molecule has 1 unspecified atom stereocenters. The van der Waals surface area contributed by atoms with E-state index in [0.717, 1.165) is 17.8 Å². The molecule has 1 amide bonds. The molecule has 1 atom stereocenters. The number of nitrogens with zero attached hydrogens (tertiary/aromatic N) is 1. The molecule has 1 aliphatic heterocycles. The van der Waals surface area contributed by atoms with Gasteiger partial charge in [-0.1, -0.05) is 41.9 Å². The van der Waals surface area contributed by atoms with Crippen molar-refractivity contribution < 1.29 is 9.53 Å². The number of nitrogens with one attached hydrogen (secondary N) is 3. The van der Waals surface area contributed by atoms with Crippen molar-refractivity contribution in [3.63, 3.8) is 0 Å². The molecule has 0 fully saturated rings. The number of benzene rings is 2. The van der Waals surface area contributed by atoms with Crippen molar-refractivity contribution in [3.8, 4) is 5.75 Å². The van der Waals surface area contributed by atoms with Crippen molar-refractivity contribution in [2.24, 2.45) is 4.99 Å². The number of anilines is 1. The first-order valence-corrected chi connectivity index (χ1v) is 9.83. The number of guanidine groups is 1. The third-order valence-electron chi connectivity index (χ3n) is 4.41. The van der Waals surface area contributed by atoms with Crippen LogP contribution in [0.3, 0.4) is 0 Å². The van der Waals surface area contributed by atoms with E-state index in [2.05, 4.69) is 20.9 Å². The Bertz CT molecular complexity index is 847. The number of para-hydroxylation sites is 2. The van der Waals surface area contributed by atoms with E-state index in [1.807, 2.05) is 49.4 Å². The molecule has 156 valence electrons. The molecule has 0 radical (unpaired) electrons. The van der Waals surface area contributed by atoms with Gasteiger partial charge in [0.25, 0.3) is 0 Å². The molecule has 0 aromatic heterocycles. The molecule has 2 aromatic rings. The maximum absolute atomic E-state index is 12.0. The minimum Gasteiger partial charge on any atom is -0.490 e. The Balaban J connectivity index is 0.00000300. The highest BCUT2D eigenvalue weighted by molar-refractivity contribution is 14.0. The molecule has 1 heterocycles. The lowest BCUT2D eigenvalue weighted by molar-refractivity contribution is -0.116. The zero-order valence-corrected chi connectivity index (χ0v) is 19.4. The van der Waals surface area contributed by atoms with Crippen molar-refractivity contribution in [1.29, 1.82) is 0 Å². The highest BCUT2D eigenvalue weighted by Crippen LogP contribution is 2.32. The van der Waals surface area contributed by atoms with Crippen LogP contribution in [0.5, 0.6) is 5.75 Å². The van der Waals surface area contributed by atoms with Gasteiger partial charge in [-0.15, -0.1) is 24.0 Å². The van der Waals surface area contributed by atoms with E-state index in [0.29, 0.717) is 42.8 Å². The maximum atomic E-state index is 12.0. The average Bonchev–Trinajstić information content (AvgIpc) is 2.70. The zero-order valence-electron chi connectivity index (χ0n) is 16.3. The van der Waals surface area contributed by atoms with Crippen LogP contribution in [0, 0.1) is 0 Å². The van der Waals surface area contributed by atoms with Crippen molar-refractivity contribution in [2.45, 2.75) is 19.3 Å². The topological polar surface area (TPSA) is 74.8 Å². The van der Waals surface area contributed by atoms with Gasteiger partial charge in [0.2, 0.25) is 5.91 Å². The highest BCUT2D eigenvalue weighted by Gasteiger charge is 2.24. The zero-order chi connectivity index (χ0) is 19.8. The van der Waals surface area contributed by atoms with Crippen LogP contribution in [0.4, 0.5) is 5.69 Å². The number of rotatable bonds is 7. The number of amides is 1. The molecule has 0 bridgehead atoms. The molecule has 29 heavy (non-hydrogen) atoms. The van der Waals surface area contributed by atoms with Crippen LogP contribution in [0.25, 0.3) is 0 Å². The minimum atomic E-state index is 0. The second-order valence-electron chi connectivity index (χ2n) is 6.46. The van der Waals surface area contributed by atoms with Gasteiger partial charge in [0.05, 0.1) is 18.1 Å². The summed E-state index contributed by atoms with van der Waals surface area (Å²) in [6, 6.07) is 15.3. The fourth-order valence-electron chi connectivity index (χ4n) is 3.10. The first kappa shape index (κ1) is 23.3. The summed E-state index contributed by atoms with van der Waals surface area (Å²) in [7, 11) is 0. The molecular formula is C21H26ClIN4O2. The smallest absolute Gasteiger partial charge is 0.225 e. The van der Waals surface area contributed by atoms with Gasteiger partial charge >= 0.3 is 0 Å². The Kier molecular flexibility index (Phi) is 9.53. The van der Waals surface area contributed by atoms with Crippen LogP contribution < -0.4 is 20.7 Å². The Labute approximate surface area is 193 Å². The van der Waals surface area contributed by atoms with Gasteiger partial charge < -0.3 is 20.7 Å². The standard InChI is InChI=1S/C21H25ClN4O2.HI/c1-2-23-21(24-11-12-28-19-10-6-4-8-17(19)22)25-14-15-13-20(27)26-18-9-5-3-7-16(15)18;/h3-10,15H,2,11-14H2,1H3,(H,26,27)(H2,23,24,25);1H. The van der Waals surface area contributed by atoms with Crippen LogP contribution in [-0.2, 0) is 4.79 Å².